The first kappa shape index (κ1) is 18.9. The molecule has 144 valence electrons. The number of ether oxygens (including phenoxy) is 2. The molecule has 28 heavy (non-hydrogen) atoms. The van der Waals surface area contributed by atoms with Crippen LogP contribution >= 0.6 is 23.2 Å². The monoisotopic (exact) mass is 414 g/mol. The minimum Gasteiger partial charge on any atom is -0.493 e. The van der Waals surface area contributed by atoms with Crippen molar-refractivity contribution in [2.75, 3.05) is 12.4 Å². The van der Waals surface area contributed by atoms with Gasteiger partial charge < -0.3 is 14.8 Å². The Balaban J connectivity index is 1.47. The average molecular weight is 415 g/mol. The van der Waals surface area contributed by atoms with Crippen LogP contribution in [0.2, 0.25) is 10.3 Å². The van der Waals surface area contributed by atoms with Crippen LogP contribution in [0.4, 0.5) is 5.69 Å². The third-order valence-corrected chi connectivity index (χ3v) is 5.18. The van der Waals surface area contributed by atoms with Gasteiger partial charge in [0.25, 0.3) is 0 Å². The summed E-state index contributed by atoms with van der Waals surface area (Å²) in [6.07, 6.45) is 1.93. The molecule has 1 heterocycles. The molecule has 0 radical (unpaired) electrons. The summed E-state index contributed by atoms with van der Waals surface area (Å²) in [4.78, 5) is 3.97. The number of hydrogen-bond acceptors (Lipinski definition) is 4. The third-order valence-electron chi connectivity index (χ3n) is 4.79. The van der Waals surface area contributed by atoms with Gasteiger partial charge in [-0.25, -0.2) is 4.98 Å². The van der Waals surface area contributed by atoms with Crippen LogP contribution in [0.25, 0.3) is 0 Å². The van der Waals surface area contributed by atoms with E-state index in [4.69, 9.17) is 32.7 Å². The van der Waals surface area contributed by atoms with E-state index in [1.165, 1.54) is 11.1 Å². The fraction of sp³-hybridized carbons (Fsp3) is 0.227. The zero-order chi connectivity index (χ0) is 19.5. The van der Waals surface area contributed by atoms with Gasteiger partial charge in [-0.2, -0.15) is 0 Å². The first-order chi connectivity index (χ1) is 13.6. The second kappa shape index (κ2) is 8.29. The molecule has 0 saturated heterocycles. The van der Waals surface area contributed by atoms with E-state index in [1.807, 2.05) is 18.2 Å². The molecular formula is C22H20Cl2N2O2. The highest BCUT2D eigenvalue weighted by atomic mass is 35.5. The molecule has 3 aromatic rings. The highest BCUT2D eigenvalue weighted by Crippen LogP contribution is 2.34. The van der Waals surface area contributed by atoms with E-state index in [2.05, 4.69) is 34.6 Å². The zero-order valence-electron chi connectivity index (χ0n) is 15.4. The Labute approximate surface area is 174 Å². The van der Waals surface area contributed by atoms with Crippen LogP contribution in [0, 0.1) is 0 Å². The number of pyridine rings is 1. The number of rotatable bonds is 6. The van der Waals surface area contributed by atoms with Crippen LogP contribution in [0.1, 0.15) is 16.7 Å². The molecule has 4 nitrogen and oxygen atoms in total. The Hall–Kier alpha value is -2.43. The molecule has 4 rings (SSSR count). The second-order valence-electron chi connectivity index (χ2n) is 6.76. The van der Waals surface area contributed by atoms with Crippen LogP contribution < -0.4 is 14.8 Å². The SMILES string of the molecule is COc1ccc(NCc2cc(Cl)nc(Cl)c2)cc1OC1Cc2ccccc2C1. The Morgan fingerprint density at radius 3 is 2.29 bits per heavy atom. The summed E-state index contributed by atoms with van der Waals surface area (Å²) >= 11 is 11.9. The Kier molecular flexibility index (Phi) is 5.60. The zero-order valence-corrected chi connectivity index (χ0v) is 16.9. The minimum absolute atomic E-state index is 0.111. The van der Waals surface area contributed by atoms with Gasteiger partial charge in [-0.05, 0) is 41.0 Å². The van der Waals surface area contributed by atoms with Gasteiger partial charge in [-0.15, -0.1) is 0 Å². The summed E-state index contributed by atoms with van der Waals surface area (Å²) in [5.74, 6) is 1.45. The van der Waals surface area contributed by atoms with Crippen molar-refractivity contribution in [1.82, 2.24) is 4.98 Å². The molecule has 1 aromatic heterocycles. The number of anilines is 1. The van der Waals surface area contributed by atoms with Gasteiger partial charge in [0.15, 0.2) is 11.5 Å². The highest BCUT2D eigenvalue weighted by molar-refractivity contribution is 6.32. The van der Waals surface area contributed by atoms with Crippen LogP contribution in [0.5, 0.6) is 11.5 Å². The van der Waals surface area contributed by atoms with E-state index in [9.17, 15) is 0 Å². The molecule has 0 spiro atoms. The van der Waals surface area contributed by atoms with Crippen molar-refractivity contribution in [2.24, 2.45) is 0 Å². The topological polar surface area (TPSA) is 43.4 Å². The Morgan fingerprint density at radius 1 is 0.964 bits per heavy atom. The highest BCUT2D eigenvalue weighted by Gasteiger charge is 2.23. The summed E-state index contributed by atoms with van der Waals surface area (Å²) < 4.78 is 11.8. The van der Waals surface area contributed by atoms with E-state index in [-0.39, 0.29) is 6.10 Å². The molecule has 1 aliphatic carbocycles. The van der Waals surface area contributed by atoms with Gasteiger partial charge in [0, 0.05) is 31.1 Å². The average Bonchev–Trinajstić information content (AvgIpc) is 3.08. The van der Waals surface area contributed by atoms with Crippen molar-refractivity contribution in [1.29, 1.82) is 0 Å². The minimum atomic E-state index is 0.111. The van der Waals surface area contributed by atoms with Crippen molar-refractivity contribution in [3.63, 3.8) is 0 Å². The summed E-state index contributed by atoms with van der Waals surface area (Å²) in [7, 11) is 1.65. The number of methoxy groups -OCH3 is 1. The van der Waals surface area contributed by atoms with Crippen LogP contribution in [0.3, 0.4) is 0 Å². The number of fused-ring (bicyclic) bond motifs is 1. The van der Waals surface area contributed by atoms with Gasteiger partial charge >= 0.3 is 0 Å². The second-order valence-corrected chi connectivity index (χ2v) is 7.53. The Morgan fingerprint density at radius 2 is 1.64 bits per heavy atom. The van der Waals surface area contributed by atoms with E-state index in [1.54, 1.807) is 19.2 Å². The summed E-state index contributed by atoms with van der Waals surface area (Å²) in [5, 5.41) is 4.13. The van der Waals surface area contributed by atoms with E-state index in [0.717, 1.165) is 35.6 Å². The van der Waals surface area contributed by atoms with Gasteiger partial charge in [-0.1, -0.05) is 47.5 Å². The number of halogens is 2. The van der Waals surface area contributed by atoms with Gasteiger partial charge in [-0.3, -0.25) is 0 Å². The van der Waals surface area contributed by atoms with Gasteiger partial charge in [0.1, 0.15) is 16.4 Å². The van der Waals surface area contributed by atoms with Crippen molar-refractivity contribution < 1.29 is 9.47 Å². The molecule has 0 saturated carbocycles. The number of nitrogens with zero attached hydrogens (tertiary/aromatic N) is 1. The normalized spacial score (nSPS) is 13.2. The first-order valence-corrected chi connectivity index (χ1v) is 9.83. The molecule has 0 fully saturated rings. The molecule has 1 aliphatic rings. The molecule has 2 aromatic carbocycles. The number of nitrogens with one attached hydrogen (secondary N) is 1. The fourth-order valence-electron chi connectivity index (χ4n) is 3.48. The van der Waals surface area contributed by atoms with Crippen molar-refractivity contribution in [3.05, 3.63) is 81.6 Å². The molecule has 6 heteroatoms. The van der Waals surface area contributed by atoms with Gasteiger partial charge in [0.05, 0.1) is 7.11 Å². The van der Waals surface area contributed by atoms with E-state index >= 15 is 0 Å². The maximum Gasteiger partial charge on any atom is 0.163 e. The lowest BCUT2D eigenvalue weighted by molar-refractivity contribution is 0.204. The maximum atomic E-state index is 6.29. The van der Waals surface area contributed by atoms with Crippen LogP contribution in [-0.2, 0) is 19.4 Å². The number of benzene rings is 2. The first-order valence-electron chi connectivity index (χ1n) is 9.08. The predicted octanol–water partition coefficient (Wildman–Crippen LogP) is 5.56. The number of hydrogen-bond donors (Lipinski definition) is 1. The predicted molar refractivity (Wildman–Crippen MR) is 113 cm³/mol. The van der Waals surface area contributed by atoms with E-state index < -0.39 is 0 Å². The fourth-order valence-corrected chi connectivity index (χ4v) is 3.99. The molecular weight excluding hydrogens is 395 g/mol. The summed E-state index contributed by atoms with van der Waals surface area (Å²) in [6.45, 7) is 0.572. The summed E-state index contributed by atoms with van der Waals surface area (Å²) in [5.41, 5.74) is 4.59. The third kappa shape index (κ3) is 4.34. The molecule has 0 unspecified atom stereocenters. The molecule has 0 bridgehead atoms. The van der Waals surface area contributed by atoms with Crippen molar-refractivity contribution in [2.45, 2.75) is 25.5 Å². The lowest BCUT2D eigenvalue weighted by Crippen LogP contribution is -2.17. The lowest BCUT2D eigenvalue weighted by Gasteiger charge is -2.17. The van der Waals surface area contributed by atoms with E-state index in [0.29, 0.717) is 16.9 Å². The smallest absolute Gasteiger partial charge is 0.163 e. The molecule has 0 amide bonds. The number of aromatic nitrogens is 1. The van der Waals surface area contributed by atoms with Gasteiger partial charge in [0.2, 0.25) is 0 Å². The van der Waals surface area contributed by atoms with Crippen molar-refractivity contribution in [3.8, 4) is 11.5 Å². The quantitative estimate of drug-likeness (QED) is 0.536. The standard InChI is InChI=1S/C22H20Cl2N2O2/c1-27-19-7-6-17(25-13-14-8-21(23)26-22(24)9-14)12-20(19)28-18-10-15-4-2-3-5-16(15)11-18/h2-9,12,18,25H,10-11,13H2,1H3. The van der Waals surface area contributed by atoms with Crippen molar-refractivity contribution >= 4 is 28.9 Å². The molecule has 1 N–H and O–H groups in total. The Bertz CT molecular complexity index is 949. The van der Waals surface area contributed by atoms with Crippen LogP contribution in [-0.4, -0.2) is 18.2 Å². The largest absolute Gasteiger partial charge is 0.493 e. The lowest BCUT2D eigenvalue weighted by atomic mass is 10.1. The summed E-state index contributed by atoms with van der Waals surface area (Å²) in [6, 6.07) is 17.9. The maximum absolute atomic E-state index is 6.29. The van der Waals surface area contributed by atoms with Crippen LogP contribution in [0.15, 0.2) is 54.6 Å². The molecule has 0 aliphatic heterocycles. The molecule has 0 atom stereocenters.